The van der Waals surface area contributed by atoms with Crippen molar-refractivity contribution >= 4 is 86.5 Å². The predicted molar refractivity (Wildman–Crippen MR) is 167 cm³/mol. The minimum Gasteiger partial charge on any atom is -0.317 e. The van der Waals surface area contributed by atoms with Gasteiger partial charge in [-0.2, -0.15) is 0 Å². The van der Waals surface area contributed by atoms with Crippen LogP contribution in [0.3, 0.4) is 0 Å². The Hall–Kier alpha value is -3.74. The second-order valence-electron chi connectivity index (χ2n) is 9.37. The topological polar surface area (TPSA) is 17.8 Å². The van der Waals surface area contributed by atoms with Crippen LogP contribution in [0.25, 0.3) is 69.4 Å². The summed E-state index contributed by atoms with van der Waals surface area (Å²) >= 11 is 4.45. The maximum absolute atomic E-state index is 4.48. The summed E-state index contributed by atoms with van der Waals surface area (Å²) in [5.74, 6) is 0. The van der Waals surface area contributed by atoms with Crippen LogP contribution in [0.2, 0.25) is 0 Å². The Bertz CT molecular complexity index is 2140. The SMILES string of the molecule is Ic1c(-c2cccnc2)c2ccc3c4ccccc4sc3c2c2cc3ccn(-c4ccccc4)c3cc12. The lowest BCUT2D eigenvalue weighted by atomic mass is 9.92. The molecule has 0 N–H and O–H groups in total. The molecule has 0 radical (unpaired) electrons. The molecule has 3 aromatic heterocycles. The Morgan fingerprint density at radius 2 is 1.54 bits per heavy atom. The van der Waals surface area contributed by atoms with Crippen molar-refractivity contribution in [3.8, 4) is 16.8 Å². The Balaban J connectivity index is 1.59. The fraction of sp³-hybridized carbons (Fsp3) is 0. The molecule has 3 heterocycles. The molecule has 0 fully saturated rings. The molecule has 0 saturated carbocycles. The average molecular weight is 603 g/mol. The molecule has 5 aromatic carbocycles. The number of benzene rings is 5. The summed E-state index contributed by atoms with van der Waals surface area (Å²) in [6.07, 6.45) is 6.02. The summed E-state index contributed by atoms with van der Waals surface area (Å²) in [5.41, 5.74) is 4.80. The monoisotopic (exact) mass is 602 g/mol. The van der Waals surface area contributed by atoms with Crippen LogP contribution in [0.5, 0.6) is 0 Å². The van der Waals surface area contributed by atoms with Crippen LogP contribution in [0, 0.1) is 3.57 Å². The molecule has 0 atom stereocenters. The summed E-state index contributed by atoms with van der Waals surface area (Å²) in [5, 5.41) is 9.11. The molecular formula is C33H19IN2S. The van der Waals surface area contributed by atoms with Crippen LogP contribution < -0.4 is 0 Å². The molecule has 174 valence electrons. The number of halogens is 1. The largest absolute Gasteiger partial charge is 0.317 e. The first-order valence-electron chi connectivity index (χ1n) is 12.2. The molecule has 0 unspecified atom stereocenters. The molecule has 2 nitrogen and oxygen atoms in total. The third kappa shape index (κ3) is 3.12. The molecule has 0 aliphatic rings. The van der Waals surface area contributed by atoms with Crippen LogP contribution in [0.15, 0.2) is 116 Å². The van der Waals surface area contributed by atoms with E-state index in [1.807, 2.05) is 29.8 Å². The third-order valence-corrected chi connectivity index (χ3v) is 9.68. The van der Waals surface area contributed by atoms with Crippen molar-refractivity contribution in [3.05, 3.63) is 119 Å². The van der Waals surface area contributed by atoms with Gasteiger partial charge in [-0.05, 0) is 81.2 Å². The van der Waals surface area contributed by atoms with E-state index in [0.717, 1.165) is 5.56 Å². The number of para-hydroxylation sites is 1. The minimum absolute atomic E-state index is 1.15. The highest BCUT2D eigenvalue weighted by molar-refractivity contribution is 14.1. The minimum atomic E-state index is 1.15. The number of pyridine rings is 1. The molecule has 0 saturated heterocycles. The van der Waals surface area contributed by atoms with E-state index in [4.69, 9.17) is 0 Å². The zero-order valence-corrected chi connectivity index (χ0v) is 22.6. The standard InChI is InChI=1S/C33H19IN2S/c34-32-27-18-28-20(14-16-36(28)22-8-2-1-3-9-22)17-26(27)31-25(30(32)21-7-6-15-35-19-21)13-12-24-23-10-4-5-11-29(23)37-33(24)31/h1-19H. The fourth-order valence-corrected chi connectivity index (χ4v) is 8.01. The second-order valence-corrected chi connectivity index (χ2v) is 11.5. The van der Waals surface area contributed by atoms with Gasteiger partial charge in [-0.25, -0.2) is 0 Å². The molecule has 0 amide bonds. The second kappa shape index (κ2) is 8.13. The summed E-state index contributed by atoms with van der Waals surface area (Å²) in [7, 11) is 0. The quantitative estimate of drug-likeness (QED) is 0.142. The van der Waals surface area contributed by atoms with Crippen molar-refractivity contribution in [1.82, 2.24) is 9.55 Å². The van der Waals surface area contributed by atoms with Crippen LogP contribution >= 0.6 is 33.9 Å². The summed E-state index contributed by atoms with van der Waals surface area (Å²) in [6, 6.07) is 35.2. The van der Waals surface area contributed by atoms with Crippen molar-refractivity contribution < 1.29 is 0 Å². The fourth-order valence-electron chi connectivity index (χ4n) is 5.69. The molecule has 37 heavy (non-hydrogen) atoms. The predicted octanol–water partition coefficient (Wildman–Crippen LogP) is 9.97. The van der Waals surface area contributed by atoms with Crippen molar-refractivity contribution in [3.63, 3.8) is 0 Å². The van der Waals surface area contributed by atoms with Gasteiger partial charge in [-0.1, -0.05) is 54.6 Å². The molecule has 8 rings (SSSR count). The van der Waals surface area contributed by atoms with Crippen LogP contribution in [-0.4, -0.2) is 9.55 Å². The molecule has 0 spiro atoms. The highest BCUT2D eigenvalue weighted by atomic mass is 127. The highest BCUT2D eigenvalue weighted by Gasteiger charge is 2.19. The van der Waals surface area contributed by atoms with Gasteiger partial charge < -0.3 is 4.57 Å². The first-order valence-corrected chi connectivity index (χ1v) is 14.1. The van der Waals surface area contributed by atoms with Gasteiger partial charge in [0.05, 0.1) is 5.52 Å². The van der Waals surface area contributed by atoms with Crippen LogP contribution in [0.4, 0.5) is 0 Å². The highest BCUT2D eigenvalue weighted by Crippen LogP contribution is 2.47. The average Bonchev–Trinajstić information content (AvgIpc) is 3.54. The maximum Gasteiger partial charge on any atom is 0.0535 e. The van der Waals surface area contributed by atoms with Crippen molar-refractivity contribution in [2.75, 3.05) is 0 Å². The molecule has 0 aliphatic heterocycles. The van der Waals surface area contributed by atoms with E-state index in [-0.39, 0.29) is 0 Å². The van der Waals surface area contributed by atoms with Gasteiger partial charge in [-0.15, -0.1) is 11.3 Å². The number of hydrogen-bond donors (Lipinski definition) is 0. The summed E-state index contributed by atoms with van der Waals surface area (Å²) < 4.78 is 6.23. The first-order chi connectivity index (χ1) is 18.3. The number of rotatable bonds is 2. The lowest BCUT2D eigenvalue weighted by Crippen LogP contribution is -1.94. The smallest absolute Gasteiger partial charge is 0.0535 e. The number of thiophene rings is 1. The summed E-state index contributed by atoms with van der Waals surface area (Å²) in [4.78, 5) is 4.48. The van der Waals surface area contributed by atoms with Gasteiger partial charge in [0, 0.05) is 69.9 Å². The Morgan fingerprint density at radius 3 is 2.41 bits per heavy atom. The van der Waals surface area contributed by atoms with E-state index in [1.54, 1.807) is 0 Å². The van der Waals surface area contributed by atoms with Gasteiger partial charge in [0.15, 0.2) is 0 Å². The molecule has 0 bridgehead atoms. The Kier molecular flexibility index (Phi) is 4.69. The van der Waals surface area contributed by atoms with Crippen molar-refractivity contribution in [1.29, 1.82) is 0 Å². The van der Waals surface area contributed by atoms with E-state index >= 15 is 0 Å². The van der Waals surface area contributed by atoms with E-state index in [9.17, 15) is 0 Å². The van der Waals surface area contributed by atoms with Gasteiger partial charge in [0.2, 0.25) is 0 Å². The lowest BCUT2D eigenvalue weighted by molar-refractivity contribution is 1.13. The van der Waals surface area contributed by atoms with E-state index in [0.29, 0.717) is 0 Å². The molecule has 8 aromatic rings. The van der Waals surface area contributed by atoms with Crippen molar-refractivity contribution in [2.45, 2.75) is 0 Å². The van der Waals surface area contributed by atoms with Crippen LogP contribution in [-0.2, 0) is 0 Å². The Morgan fingerprint density at radius 1 is 0.703 bits per heavy atom. The zero-order chi connectivity index (χ0) is 24.5. The van der Waals surface area contributed by atoms with Gasteiger partial charge in [0.1, 0.15) is 0 Å². The van der Waals surface area contributed by atoms with E-state index < -0.39 is 0 Å². The number of hydrogen-bond acceptors (Lipinski definition) is 2. The normalized spacial score (nSPS) is 11.9. The first kappa shape index (κ1) is 21.4. The van der Waals surface area contributed by atoms with E-state index in [1.165, 1.54) is 67.4 Å². The van der Waals surface area contributed by atoms with Gasteiger partial charge in [0.25, 0.3) is 0 Å². The number of nitrogens with zero attached hydrogens (tertiary/aromatic N) is 2. The molecule has 4 heteroatoms. The maximum atomic E-state index is 4.48. The zero-order valence-electron chi connectivity index (χ0n) is 19.7. The molecule has 0 aliphatic carbocycles. The number of fused-ring (bicyclic) bond motifs is 8. The van der Waals surface area contributed by atoms with E-state index in [2.05, 4.69) is 129 Å². The Labute approximate surface area is 230 Å². The summed E-state index contributed by atoms with van der Waals surface area (Å²) in [6.45, 7) is 0. The molecular weight excluding hydrogens is 583 g/mol. The lowest BCUT2D eigenvalue weighted by Gasteiger charge is -2.16. The van der Waals surface area contributed by atoms with Gasteiger partial charge in [-0.3, -0.25) is 4.98 Å². The van der Waals surface area contributed by atoms with Gasteiger partial charge >= 0.3 is 0 Å². The third-order valence-electron chi connectivity index (χ3n) is 7.36. The van der Waals surface area contributed by atoms with Crippen LogP contribution in [0.1, 0.15) is 0 Å². The van der Waals surface area contributed by atoms with Crippen molar-refractivity contribution in [2.24, 2.45) is 0 Å². The number of aromatic nitrogens is 2.